The maximum absolute atomic E-state index is 13.2. The Morgan fingerprint density at radius 3 is 2.55 bits per heavy atom. The van der Waals surface area contributed by atoms with Gasteiger partial charge in [0.2, 0.25) is 5.60 Å². The third-order valence-electron chi connectivity index (χ3n) is 8.07. The molecule has 1 aromatic rings. The van der Waals surface area contributed by atoms with Crippen LogP contribution in [0.1, 0.15) is 38.7 Å². The highest BCUT2D eigenvalue weighted by Gasteiger charge is 2.73. The van der Waals surface area contributed by atoms with E-state index in [1.54, 1.807) is 13.0 Å². The van der Waals surface area contributed by atoms with E-state index in [-0.39, 0.29) is 17.6 Å². The Bertz CT molecular complexity index is 1020. The Balaban J connectivity index is 1.48. The molecule has 4 aliphatic rings. The van der Waals surface area contributed by atoms with E-state index in [1.165, 1.54) is 6.08 Å². The summed E-state index contributed by atoms with van der Waals surface area (Å²) in [4.78, 5) is 34.0. The minimum absolute atomic E-state index is 0.151. The molecule has 0 radical (unpaired) electrons. The van der Waals surface area contributed by atoms with E-state index in [9.17, 15) is 14.7 Å². The quantitative estimate of drug-likeness (QED) is 0.734. The first-order valence-corrected chi connectivity index (χ1v) is 10.8. The number of allylic oxidation sites excluding steroid dienone is 1. The van der Waals surface area contributed by atoms with Gasteiger partial charge in [0.25, 0.3) is 0 Å². The predicted molar refractivity (Wildman–Crippen MR) is 115 cm³/mol. The lowest BCUT2D eigenvalue weighted by Crippen LogP contribution is -2.57. The standard InChI is InChI=1S/C24H28N2O5/c1-14-5-10-17-20(22(2)19(27)11-12-24(14,22)29)30-21(28)23(17)13-18(25-31-23)15-6-8-16(9-7-15)26(3)4/h6-9,11-12,14,17,20,29H,5,10,13H2,1-4H3/t14-,17+,20+,22-,23?,24+/m0/s1. The first kappa shape index (κ1) is 20.2. The van der Waals surface area contributed by atoms with Crippen LogP contribution in [0.5, 0.6) is 0 Å². The van der Waals surface area contributed by atoms with Gasteiger partial charge in [-0.2, -0.15) is 0 Å². The number of ketones is 1. The number of ether oxygens (including phenoxy) is 1. The minimum atomic E-state index is -1.35. The van der Waals surface area contributed by atoms with Crippen molar-refractivity contribution >= 4 is 23.2 Å². The van der Waals surface area contributed by atoms with Crippen molar-refractivity contribution in [1.82, 2.24) is 0 Å². The number of benzene rings is 1. The van der Waals surface area contributed by atoms with Gasteiger partial charge in [-0.05, 0) is 55.5 Å². The highest BCUT2D eigenvalue weighted by atomic mass is 16.7. The van der Waals surface area contributed by atoms with E-state index >= 15 is 0 Å². The maximum atomic E-state index is 13.2. The van der Waals surface area contributed by atoms with E-state index in [1.807, 2.05) is 50.2 Å². The summed E-state index contributed by atoms with van der Waals surface area (Å²) in [5, 5.41) is 15.8. The zero-order valence-corrected chi connectivity index (χ0v) is 18.3. The summed E-state index contributed by atoms with van der Waals surface area (Å²) in [6, 6.07) is 7.92. The molecule has 2 aliphatic carbocycles. The van der Waals surface area contributed by atoms with Gasteiger partial charge in [0, 0.05) is 26.2 Å². The molecule has 5 rings (SSSR count). The maximum Gasteiger partial charge on any atom is 0.354 e. The van der Waals surface area contributed by atoms with Gasteiger partial charge in [-0.25, -0.2) is 4.79 Å². The van der Waals surface area contributed by atoms with E-state index in [0.29, 0.717) is 25.0 Å². The molecule has 0 aromatic heterocycles. The Labute approximate surface area is 181 Å². The van der Waals surface area contributed by atoms with E-state index < -0.39 is 28.7 Å². The number of oxime groups is 1. The molecule has 2 heterocycles. The van der Waals surface area contributed by atoms with Gasteiger partial charge in [-0.15, -0.1) is 0 Å². The van der Waals surface area contributed by atoms with Crippen LogP contribution in [0.15, 0.2) is 41.6 Å². The third kappa shape index (κ3) is 2.47. The summed E-state index contributed by atoms with van der Waals surface area (Å²) in [5.41, 5.74) is -1.18. The molecule has 1 aromatic carbocycles. The van der Waals surface area contributed by atoms with E-state index in [2.05, 4.69) is 5.16 Å². The van der Waals surface area contributed by atoms with Crippen LogP contribution in [0.25, 0.3) is 0 Å². The second-order valence-electron chi connectivity index (χ2n) is 9.77. The lowest BCUT2D eigenvalue weighted by molar-refractivity contribution is -0.169. The summed E-state index contributed by atoms with van der Waals surface area (Å²) >= 11 is 0. The van der Waals surface area contributed by atoms with Gasteiger partial charge in [-0.3, -0.25) is 4.79 Å². The van der Waals surface area contributed by atoms with Crippen molar-refractivity contribution in [3.8, 4) is 0 Å². The number of fused-ring (bicyclic) bond motifs is 4. The highest BCUT2D eigenvalue weighted by molar-refractivity contribution is 6.06. The molecule has 0 bridgehead atoms. The molecule has 6 atom stereocenters. The summed E-state index contributed by atoms with van der Waals surface area (Å²) in [7, 11) is 3.95. The zero-order valence-electron chi connectivity index (χ0n) is 18.3. The Morgan fingerprint density at radius 1 is 1.16 bits per heavy atom. The third-order valence-corrected chi connectivity index (χ3v) is 8.07. The van der Waals surface area contributed by atoms with Crippen LogP contribution >= 0.6 is 0 Å². The van der Waals surface area contributed by atoms with Crippen LogP contribution in [0.2, 0.25) is 0 Å². The molecule has 1 spiro atoms. The molecule has 164 valence electrons. The van der Waals surface area contributed by atoms with Gasteiger partial charge in [0.1, 0.15) is 17.1 Å². The molecule has 1 N–H and O–H groups in total. The van der Waals surface area contributed by atoms with Crippen molar-refractivity contribution in [2.24, 2.45) is 22.4 Å². The smallest absolute Gasteiger partial charge is 0.354 e. The van der Waals surface area contributed by atoms with Gasteiger partial charge in [-0.1, -0.05) is 24.2 Å². The van der Waals surface area contributed by atoms with E-state index in [4.69, 9.17) is 9.57 Å². The van der Waals surface area contributed by atoms with Crippen LogP contribution in [-0.2, 0) is 19.2 Å². The van der Waals surface area contributed by atoms with Crippen LogP contribution < -0.4 is 4.90 Å². The van der Waals surface area contributed by atoms with E-state index in [0.717, 1.165) is 11.3 Å². The second kappa shape index (κ2) is 6.42. The Morgan fingerprint density at radius 2 is 1.87 bits per heavy atom. The van der Waals surface area contributed by atoms with Gasteiger partial charge in [0.05, 0.1) is 11.6 Å². The lowest BCUT2D eigenvalue weighted by atomic mass is 9.63. The largest absolute Gasteiger partial charge is 0.458 e. The SMILES string of the molecule is C[C@H]1CC[C@@H]2[C@@H](OC(=O)C23CC(c2ccc(N(C)C)cc2)=NO3)[C@]2(C)C(=O)C=C[C@@]12O. The van der Waals surface area contributed by atoms with Crippen LogP contribution in [0.4, 0.5) is 5.69 Å². The lowest BCUT2D eigenvalue weighted by Gasteiger charge is -2.43. The van der Waals surface area contributed by atoms with Crippen molar-refractivity contribution in [3.05, 3.63) is 42.0 Å². The van der Waals surface area contributed by atoms with Crippen LogP contribution in [-0.4, -0.2) is 54.0 Å². The Kier molecular flexibility index (Phi) is 4.19. The summed E-state index contributed by atoms with van der Waals surface area (Å²) < 4.78 is 5.85. The number of hydrogen-bond acceptors (Lipinski definition) is 7. The molecule has 31 heavy (non-hydrogen) atoms. The monoisotopic (exact) mass is 424 g/mol. The van der Waals surface area contributed by atoms with Crippen LogP contribution in [0, 0.1) is 17.3 Å². The Hall–Kier alpha value is -2.67. The number of aliphatic hydroxyl groups is 1. The van der Waals surface area contributed by atoms with Crippen molar-refractivity contribution in [2.45, 2.75) is 50.4 Å². The number of anilines is 1. The van der Waals surface area contributed by atoms with Gasteiger partial charge < -0.3 is 19.6 Å². The van der Waals surface area contributed by atoms with Crippen LogP contribution in [0.3, 0.4) is 0 Å². The van der Waals surface area contributed by atoms with Crippen molar-refractivity contribution in [3.63, 3.8) is 0 Å². The first-order valence-electron chi connectivity index (χ1n) is 10.8. The molecule has 2 aliphatic heterocycles. The number of nitrogens with zero attached hydrogens (tertiary/aromatic N) is 2. The molecule has 1 saturated carbocycles. The number of rotatable bonds is 2. The fourth-order valence-electron chi connectivity index (χ4n) is 5.90. The highest BCUT2D eigenvalue weighted by Crippen LogP contribution is 2.59. The molecule has 7 heteroatoms. The fraction of sp³-hybridized carbons (Fsp3) is 0.542. The first-order chi connectivity index (χ1) is 14.6. The second-order valence-corrected chi connectivity index (χ2v) is 9.77. The van der Waals surface area contributed by atoms with Crippen molar-refractivity contribution in [1.29, 1.82) is 0 Å². The van der Waals surface area contributed by atoms with Crippen molar-refractivity contribution in [2.75, 3.05) is 19.0 Å². The molecular weight excluding hydrogens is 396 g/mol. The summed E-state index contributed by atoms with van der Waals surface area (Å²) in [5.74, 6) is -1.22. The fourth-order valence-corrected chi connectivity index (χ4v) is 5.90. The number of carbonyl (C=O) groups is 2. The number of esters is 1. The molecule has 2 fully saturated rings. The zero-order chi connectivity index (χ0) is 22.2. The predicted octanol–water partition coefficient (Wildman–Crippen LogP) is 2.46. The van der Waals surface area contributed by atoms with Crippen molar-refractivity contribution < 1.29 is 24.3 Å². The molecule has 1 unspecified atom stereocenters. The summed E-state index contributed by atoms with van der Waals surface area (Å²) in [6.07, 6.45) is 3.81. The minimum Gasteiger partial charge on any atom is -0.458 e. The average Bonchev–Trinajstić information content (AvgIpc) is 3.37. The number of carbonyl (C=O) groups excluding carboxylic acids is 2. The number of hydrogen-bond donors (Lipinski definition) is 1. The van der Waals surface area contributed by atoms with Gasteiger partial charge in [0.15, 0.2) is 5.78 Å². The molecule has 7 nitrogen and oxygen atoms in total. The average molecular weight is 424 g/mol. The molecular formula is C24H28N2O5. The normalized spacial score (nSPS) is 40.8. The van der Waals surface area contributed by atoms with Gasteiger partial charge >= 0.3 is 5.97 Å². The molecule has 0 amide bonds. The molecule has 1 saturated heterocycles. The summed E-state index contributed by atoms with van der Waals surface area (Å²) in [6.45, 7) is 3.66. The topological polar surface area (TPSA) is 88.4 Å².